The maximum Gasteiger partial charge on any atom is 0.338 e. The molecule has 0 aliphatic heterocycles. The third-order valence-corrected chi connectivity index (χ3v) is 3.61. The van der Waals surface area contributed by atoms with E-state index >= 15 is 0 Å². The summed E-state index contributed by atoms with van der Waals surface area (Å²) in [6.07, 6.45) is 0. The predicted molar refractivity (Wildman–Crippen MR) is 64.7 cm³/mol. The summed E-state index contributed by atoms with van der Waals surface area (Å²) in [5.74, 6) is -0.401. The molecule has 3 nitrogen and oxygen atoms in total. The van der Waals surface area contributed by atoms with Crippen molar-refractivity contribution in [3.8, 4) is 0 Å². The Hall–Kier alpha value is -0.490. The third kappa shape index (κ3) is 1.95. The number of carbonyl (C=O) groups is 1. The number of nitrogen functional groups attached to an aromatic ring is 1. The second-order valence-electron chi connectivity index (χ2n) is 2.75. The molecule has 0 heterocycles. The van der Waals surface area contributed by atoms with Crippen molar-refractivity contribution in [2.45, 2.75) is 6.92 Å². The molecule has 0 atom stereocenters. The van der Waals surface area contributed by atoms with Crippen LogP contribution in [0.15, 0.2) is 6.07 Å². The molecule has 0 unspecified atom stereocenters. The van der Waals surface area contributed by atoms with Crippen LogP contribution < -0.4 is 5.73 Å². The van der Waals surface area contributed by atoms with E-state index in [1.54, 1.807) is 6.92 Å². The van der Waals surface area contributed by atoms with Gasteiger partial charge in [0, 0.05) is 3.57 Å². The smallest absolute Gasteiger partial charge is 0.338 e. The van der Waals surface area contributed by atoms with E-state index in [9.17, 15) is 4.79 Å². The second kappa shape index (κ2) is 4.35. The molecular formula is C9H9ClINO2. The van der Waals surface area contributed by atoms with E-state index in [-0.39, 0.29) is 0 Å². The van der Waals surface area contributed by atoms with E-state index in [1.807, 2.05) is 0 Å². The topological polar surface area (TPSA) is 52.3 Å². The maximum atomic E-state index is 11.3. The molecule has 1 aromatic carbocycles. The Morgan fingerprint density at radius 2 is 2.21 bits per heavy atom. The van der Waals surface area contributed by atoms with Crippen LogP contribution in [0.3, 0.4) is 0 Å². The van der Waals surface area contributed by atoms with Crippen molar-refractivity contribution in [2.75, 3.05) is 12.8 Å². The van der Waals surface area contributed by atoms with Gasteiger partial charge in [-0.1, -0.05) is 11.6 Å². The Morgan fingerprint density at radius 1 is 1.64 bits per heavy atom. The van der Waals surface area contributed by atoms with Gasteiger partial charge < -0.3 is 10.5 Å². The highest BCUT2D eigenvalue weighted by molar-refractivity contribution is 14.1. The Balaban J connectivity index is 3.40. The number of ether oxygens (including phenoxy) is 1. The Kier molecular flexibility index (Phi) is 3.60. The molecule has 0 amide bonds. The number of methoxy groups -OCH3 is 1. The monoisotopic (exact) mass is 325 g/mol. The van der Waals surface area contributed by atoms with Crippen LogP contribution in [0.5, 0.6) is 0 Å². The summed E-state index contributed by atoms with van der Waals surface area (Å²) >= 11 is 7.91. The molecule has 76 valence electrons. The highest BCUT2D eigenvalue weighted by Crippen LogP contribution is 2.30. The minimum Gasteiger partial charge on any atom is -0.465 e. The molecule has 0 spiro atoms. The van der Waals surface area contributed by atoms with Crippen molar-refractivity contribution in [3.63, 3.8) is 0 Å². The summed E-state index contributed by atoms with van der Waals surface area (Å²) in [7, 11) is 1.33. The van der Waals surface area contributed by atoms with Crippen LogP contribution in [0.1, 0.15) is 15.9 Å². The van der Waals surface area contributed by atoms with Crippen LogP contribution in [0.2, 0.25) is 5.02 Å². The van der Waals surface area contributed by atoms with Gasteiger partial charge in [0.2, 0.25) is 0 Å². The van der Waals surface area contributed by atoms with Crippen molar-refractivity contribution < 1.29 is 9.53 Å². The average Bonchev–Trinajstić information content (AvgIpc) is 2.19. The first-order valence-electron chi connectivity index (χ1n) is 3.81. The van der Waals surface area contributed by atoms with Crippen LogP contribution in [0, 0.1) is 10.5 Å². The molecule has 0 radical (unpaired) electrons. The molecule has 0 saturated carbocycles. The first-order chi connectivity index (χ1) is 6.49. The normalized spacial score (nSPS) is 10.0. The van der Waals surface area contributed by atoms with E-state index < -0.39 is 5.97 Å². The molecule has 0 saturated heterocycles. The number of rotatable bonds is 1. The molecule has 0 aromatic heterocycles. The number of hydrogen-bond donors (Lipinski definition) is 1. The first kappa shape index (κ1) is 11.6. The van der Waals surface area contributed by atoms with Crippen molar-refractivity contribution in [2.24, 2.45) is 0 Å². The highest BCUT2D eigenvalue weighted by atomic mass is 127. The number of carbonyl (C=O) groups excluding carboxylic acids is 1. The molecule has 0 aliphatic rings. The van der Waals surface area contributed by atoms with Gasteiger partial charge >= 0.3 is 5.97 Å². The van der Waals surface area contributed by atoms with E-state index in [0.717, 1.165) is 9.13 Å². The number of halogens is 2. The van der Waals surface area contributed by atoms with Gasteiger partial charge in [0.1, 0.15) is 0 Å². The molecule has 5 heteroatoms. The van der Waals surface area contributed by atoms with Gasteiger partial charge in [0.15, 0.2) is 0 Å². The Labute approximate surface area is 101 Å². The zero-order valence-electron chi connectivity index (χ0n) is 7.73. The van der Waals surface area contributed by atoms with Crippen molar-refractivity contribution in [1.29, 1.82) is 0 Å². The number of hydrogen-bond acceptors (Lipinski definition) is 3. The average molecular weight is 326 g/mol. The summed E-state index contributed by atoms with van der Waals surface area (Å²) in [6.45, 7) is 1.81. The van der Waals surface area contributed by atoms with Gasteiger partial charge in [-0.2, -0.15) is 0 Å². The fourth-order valence-electron chi connectivity index (χ4n) is 1.06. The van der Waals surface area contributed by atoms with Gasteiger partial charge in [-0.15, -0.1) is 0 Å². The Morgan fingerprint density at radius 3 is 2.71 bits per heavy atom. The minimum atomic E-state index is -0.401. The largest absolute Gasteiger partial charge is 0.465 e. The van der Waals surface area contributed by atoms with E-state index in [0.29, 0.717) is 16.3 Å². The number of anilines is 1. The standard InChI is InChI=1S/C9H9ClINO2/c1-4-5(9(13)14-2)3-6(10)8(12)7(4)11/h3H,12H2,1-2H3. The molecule has 1 rings (SSSR count). The first-order valence-corrected chi connectivity index (χ1v) is 5.27. The van der Waals surface area contributed by atoms with Gasteiger partial charge in [0.05, 0.1) is 23.4 Å². The van der Waals surface area contributed by atoms with Crippen LogP contribution in [-0.2, 0) is 4.74 Å². The van der Waals surface area contributed by atoms with Gasteiger partial charge in [-0.3, -0.25) is 0 Å². The van der Waals surface area contributed by atoms with Crippen LogP contribution in [0.25, 0.3) is 0 Å². The molecule has 0 fully saturated rings. The molecule has 0 bridgehead atoms. The maximum absolute atomic E-state index is 11.3. The predicted octanol–water partition coefficient (Wildman–Crippen LogP) is 2.62. The summed E-state index contributed by atoms with van der Waals surface area (Å²) in [4.78, 5) is 11.3. The molecule has 0 aliphatic carbocycles. The van der Waals surface area contributed by atoms with Crippen molar-refractivity contribution in [1.82, 2.24) is 0 Å². The number of nitrogens with two attached hydrogens (primary N) is 1. The lowest BCUT2D eigenvalue weighted by Gasteiger charge is -2.09. The molecule has 2 N–H and O–H groups in total. The second-order valence-corrected chi connectivity index (χ2v) is 4.24. The number of esters is 1. The van der Waals surface area contributed by atoms with Crippen molar-refractivity contribution in [3.05, 3.63) is 25.8 Å². The SMILES string of the molecule is COC(=O)c1cc(Cl)c(N)c(I)c1C. The summed E-state index contributed by atoms with van der Waals surface area (Å²) in [5.41, 5.74) is 7.45. The van der Waals surface area contributed by atoms with Gasteiger partial charge in [-0.05, 0) is 41.1 Å². The summed E-state index contributed by atoms with van der Waals surface area (Å²) in [5, 5.41) is 0.375. The van der Waals surface area contributed by atoms with E-state index in [1.165, 1.54) is 13.2 Å². The summed E-state index contributed by atoms with van der Waals surface area (Å²) in [6, 6.07) is 1.53. The summed E-state index contributed by atoms with van der Waals surface area (Å²) < 4.78 is 5.41. The highest BCUT2D eigenvalue weighted by Gasteiger charge is 2.15. The fourth-order valence-corrected chi connectivity index (χ4v) is 2.00. The lowest BCUT2D eigenvalue weighted by atomic mass is 10.1. The van der Waals surface area contributed by atoms with E-state index in [4.69, 9.17) is 17.3 Å². The van der Waals surface area contributed by atoms with Crippen LogP contribution in [-0.4, -0.2) is 13.1 Å². The third-order valence-electron chi connectivity index (χ3n) is 1.90. The van der Waals surface area contributed by atoms with Gasteiger partial charge in [-0.25, -0.2) is 4.79 Å². The number of benzene rings is 1. The van der Waals surface area contributed by atoms with Gasteiger partial charge in [0.25, 0.3) is 0 Å². The van der Waals surface area contributed by atoms with Crippen LogP contribution >= 0.6 is 34.2 Å². The lowest BCUT2D eigenvalue weighted by Crippen LogP contribution is -2.07. The zero-order chi connectivity index (χ0) is 10.9. The zero-order valence-corrected chi connectivity index (χ0v) is 10.6. The fraction of sp³-hybridized carbons (Fsp3) is 0.222. The molecule has 1 aromatic rings. The Bertz CT molecular complexity index is 393. The van der Waals surface area contributed by atoms with Crippen molar-refractivity contribution >= 4 is 45.8 Å². The van der Waals surface area contributed by atoms with E-state index in [2.05, 4.69) is 27.3 Å². The lowest BCUT2D eigenvalue weighted by molar-refractivity contribution is 0.0600. The minimum absolute atomic E-state index is 0.375. The van der Waals surface area contributed by atoms with Crippen LogP contribution in [0.4, 0.5) is 5.69 Å². The molecule has 14 heavy (non-hydrogen) atoms. The molecular weight excluding hydrogens is 316 g/mol. The quantitative estimate of drug-likeness (QED) is 0.490.